The topological polar surface area (TPSA) is 84.9 Å². The standard InChI is InChI=1S/C35H28N2O5/c1-41-23-16-17-25(28(20-23)42-2)32(39)29-30(31(38)22-11-4-3-5-12-22)37-19-18-21-10-6-7-13-24(21)33(37)35(29)26-14-8-9-15-27(26)36-34(35)40/h3-20,29-30,33H,1-2H3,(H,36,40)/t29-,30+,33-,35-/m1/s1. The van der Waals surface area contributed by atoms with Crippen molar-refractivity contribution in [2.45, 2.75) is 17.5 Å². The lowest BCUT2D eigenvalue weighted by molar-refractivity contribution is -0.122. The zero-order chi connectivity index (χ0) is 29.0. The van der Waals surface area contributed by atoms with Crippen molar-refractivity contribution in [1.29, 1.82) is 0 Å². The van der Waals surface area contributed by atoms with E-state index in [1.807, 2.05) is 71.8 Å². The first kappa shape index (κ1) is 25.8. The van der Waals surface area contributed by atoms with Gasteiger partial charge in [-0.15, -0.1) is 0 Å². The first-order valence-electron chi connectivity index (χ1n) is 13.8. The van der Waals surface area contributed by atoms with Gasteiger partial charge in [0.2, 0.25) is 5.91 Å². The Kier molecular flexibility index (Phi) is 5.97. The van der Waals surface area contributed by atoms with E-state index >= 15 is 4.79 Å². The van der Waals surface area contributed by atoms with Gasteiger partial charge in [0.05, 0.1) is 31.7 Å². The van der Waals surface area contributed by atoms with Crippen LogP contribution in [0.5, 0.6) is 11.5 Å². The smallest absolute Gasteiger partial charge is 0.238 e. The molecule has 3 aliphatic heterocycles. The Hall–Kier alpha value is -5.17. The van der Waals surface area contributed by atoms with Gasteiger partial charge in [-0.25, -0.2) is 0 Å². The highest BCUT2D eigenvalue weighted by atomic mass is 16.5. The summed E-state index contributed by atoms with van der Waals surface area (Å²) in [6, 6.07) is 27.7. The summed E-state index contributed by atoms with van der Waals surface area (Å²) < 4.78 is 11.0. The van der Waals surface area contributed by atoms with Crippen LogP contribution in [-0.4, -0.2) is 42.6 Å². The molecule has 0 aliphatic carbocycles. The molecule has 208 valence electrons. The summed E-state index contributed by atoms with van der Waals surface area (Å²) in [6.07, 6.45) is 3.82. The molecule has 1 amide bonds. The average molecular weight is 557 g/mol. The first-order chi connectivity index (χ1) is 20.5. The second kappa shape index (κ2) is 9.73. The molecule has 0 saturated carbocycles. The summed E-state index contributed by atoms with van der Waals surface area (Å²) in [5.74, 6) is -1.14. The SMILES string of the molecule is COc1ccc(C(=O)[C@H]2[C@@H](C(=O)c3ccccc3)N3C=Cc4ccccc4[C@@H]3[C@]23C(=O)Nc2ccccc23)c(OC)c1. The number of carbonyl (C=O) groups is 3. The molecule has 3 heterocycles. The number of ketones is 2. The minimum Gasteiger partial charge on any atom is -0.497 e. The normalized spacial score (nSPS) is 23.1. The van der Waals surface area contributed by atoms with E-state index in [1.165, 1.54) is 7.11 Å². The second-order valence-corrected chi connectivity index (χ2v) is 10.7. The van der Waals surface area contributed by atoms with Crippen molar-refractivity contribution in [3.63, 3.8) is 0 Å². The zero-order valence-corrected chi connectivity index (χ0v) is 23.1. The van der Waals surface area contributed by atoms with Crippen LogP contribution >= 0.6 is 0 Å². The van der Waals surface area contributed by atoms with Crippen LogP contribution in [0.25, 0.3) is 6.08 Å². The van der Waals surface area contributed by atoms with Gasteiger partial charge in [0.25, 0.3) is 0 Å². The van der Waals surface area contributed by atoms with Gasteiger partial charge in [-0.3, -0.25) is 14.4 Å². The number of hydrogen-bond donors (Lipinski definition) is 1. The third-order valence-corrected chi connectivity index (χ3v) is 8.85. The van der Waals surface area contributed by atoms with Crippen molar-refractivity contribution >= 4 is 29.2 Å². The van der Waals surface area contributed by atoms with Crippen molar-refractivity contribution in [2.75, 3.05) is 19.5 Å². The minimum absolute atomic E-state index is 0.232. The van der Waals surface area contributed by atoms with E-state index in [0.717, 1.165) is 11.1 Å². The number of ether oxygens (including phenoxy) is 2. The largest absolute Gasteiger partial charge is 0.497 e. The zero-order valence-electron chi connectivity index (χ0n) is 23.1. The van der Waals surface area contributed by atoms with Crippen LogP contribution in [0.15, 0.2) is 103 Å². The Morgan fingerprint density at radius 3 is 2.36 bits per heavy atom. The molecule has 7 heteroatoms. The lowest BCUT2D eigenvalue weighted by Gasteiger charge is -2.38. The number of Topliss-reactive ketones (excluding diaryl/α,β-unsaturated/α-hetero) is 2. The van der Waals surface area contributed by atoms with Crippen molar-refractivity contribution < 1.29 is 23.9 Å². The minimum atomic E-state index is -1.41. The quantitative estimate of drug-likeness (QED) is 0.308. The molecule has 7 rings (SSSR count). The van der Waals surface area contributed by atoms with Crippen LogP contribution in [0, 0.1) is 5.92 Å². The Morgan fingerprint density at radius 2 is 1.57 bits per heavy atom. The third kappa shape index (κ3) is 3.49. The highest BCUT2D eigenvalue weighted by Crippen LogP contribution is 2.62. The second-order valence-electron chi connectivity index (χ2n) is 10.7. The summed E-state index contributed by atoms with van der Waals surface area (Å²) in [5.41, 5.74) is 2.51. The Labute approximate surface area is 243 Å². The number of methoxy groups -OCH3 is 2. The van der Waals surface area contributed by atoms with E-state index in [2.05, 4.69) is 5.32 Å². The average Bonchev–Trinajstić information content (AvgIpc) is 3.52. The Morgan fingerprint density at radius 1 is 0.833 bits per heavy atom. The van der Waals surface area contributed by atoms with Gasteiger partial charge in [0.15, 0.2) is 11.6 Å². The number of amides is 1. The number of carbonyl (C=O) groups excluding carboxylic acids is 3. The van der Waals surface area contributed by atoms with Gasteiger partial charge in [0.1, 0.15) is 23.0 Å². The molecule has 1 fully saturated rings. The number of para-hydroxylation sites is 1. The van der Waals surface area contributed by atoms with Gasteiger partial charge in [-0.05, 0) is 41.0 Å². The van der Waals surface area contributed by atoms with Gasteiger partial charge in [-0.2, -0.15) is 0 Å². The molecule has 0 radical (unpaired) electrons. The highest BCUT2D eigenvalue weighted by Gasteiger charge is 2.70. The van der Waals surface area contributed by atoms with Gasteiger partial charge >= 0.3 is 0 Å². The number of benzene rings is 4. The van der Waals surface area contributed by atoms with Crippen LogP contribution in [0.2, 0.25) is 0 Å². The monoisotopic (exact) mass is 556 g/mol. The van der Waals surface area contributed by atoms with Gasteiger partial charge < -0.3 is 19.7 Å². The molecule has 4 aromatic carbocycles. The molecule has 0 bridgehead atoms. The molecule has 0 aromatic heterocycles. The van der Waals surface area contributed by atoms with E-state index < -0.39 is 23.4 Å². The van der Waals surface area contributed by atoms with Crippen LogP contribution in [0.4, 0.5) is 5.69 Å². The van der Waals surface area contributed by atoms with E-state index in [4.69, 9.17) is 9.47 Å². The lowest BCUT2D eigenvalue weighted by atomic mass is 9.62. The van der Waals surface area contributed by atoms with Crippen molar-refractivity contribution in [3.05, 3.63) is 131 Å². The molecular formula is C35H28N2O5. The van der Waals surface area contributed by atoms with Crippen LogP contribution in [0.3, 0.4) is 0 Å². The Bertz CT molecular complexity index is 1780. The summed E-state index contributed by atoms with van der Waals surface area (Å²) in [6.45, 7) is 0. The highest BCUT2D eigenvalue weighted by molar-refractivity contribution is 6.17. The van der Waals surface area contributed by atoms with Crippen LogP contribution in [0.1, 0.15) is 43.4 Å². The van der Waals surface area contributed by atoms with Crippen molar-refractivity contribution in [1.82, 2.24) is 4.90 Å². The van der Waals surface area contributed by atoms with Gasteiger partial charge in [0, 0.05) is 23.5 Å². The number of rotatable bonds is 6. The summed E-state index contributed by atoms with van der Waals surface area (Å²) in [7, 11) is 3.03. The molecule has 1 saturated heterocycles. The maximum atomic E-state index is 15.0. The first-order valence-corrected chi connectivity index (χ1v) is 13.8. The molecule has 1 N–H and O–H groups in total. The molecule has 3 aliphatic rings. The number of fused-ring (bicyclic) bond motifs is 6. The number of nitrogens with one attached hydrogen (secondary N) is 1. The van der Waals surface area contributed by atoms with E-state index in [1.54, 1.807) is 49.6 Å². The molecule has 1 spiro atoms. The number of hydrogen-bond acceptors (Lipinski definition) is 6. The number of anilines is 1. The molecular weight excluding hydrogens is 528 g/mol. The fraction of sp³-hybridized carbons (Fsp3) is 0.171. The van der Waals surface area contributed by atoms with E-state index in [0.29, 0.717) is 28.3 Å². The van der Waals surface area contributed by atoms with Crippen LogP contribution < -0.4 is 14.8 Å². The van der Waals surface area contributed by atoms with Crippen molar-refractivity contribution in [2.24, 2.45) is 5.92 Å². The molecule has 4 atom stereocenters. The molecule has 0 unspecified atom stereocenters. The predicted octanol–water partition coefficient (Wildman–Crippen LogP) is 5.69. The molecule has 4 aromatic rings. The number of nitrogens with zero attached hydrogens (tertiary/aromatic N) is 1. The van der Waals surface area contributed by atoms with E-state index in [-0.39, 0.29) is 23.0 Å². The maximum absolute atomic E-state index is 15.0. The summed E-state index contributed by atoms with van der Waals surface area (Å²) in [5, 5.41) is 3.07. The fourth-order valence-electron chi connectivity index (χ4n) is 7.11. The molecule has 42 heavy (non-hydrogen) atoms. The molecule has 7 nitrogen and oxygen atoms in total. The fourth-order valence-corrected chi connectivity index (χ4v) is 7.11. The van der Waals surface area contributed by atoms with Crippen LogP contribution in [-0.2, 0) is 10.2 Å². The van der Waals surface area contributed by atoms with E-state index in [9.17, 15) is 9.59 Å². The predicted molar refractivity (Wildman–Crippen MR) is 159 cm³/mol. The third-order valence-electron chi connectivity index (χ3n) is 8.85. The maximum Gasteiger partial charge on any atom is 0.238 e. The lowest BCUT2D eigenvalue weighted by Crippen LogP contribution is -2.49. The van der Waals surface area contributed by atoms with Crippen molar-refractivity contribution in [3.8, 4) is 11.5 Å². The summed E-state index contributed by atoms with van der Waals surface area (Å²) >= 11 is 0. The Balaban J connectivity index is 1.54. The van der Waals surface area contributed by atoms with Gasteiger partial charge in [-0.1, -0.05) is 72.8 Å². The summed E-state index contributed by atoms with van der Waals surface area (Å²) in [4.78, 5) is 46.1.